The quantitative estimate of drug-likeness (QED) is 0.871. The van der Waals surface area contributed by atoms with Crippen LogP contribution in [-0.2, 0) is 10.0 Å². The molecule has 0 aliphatic carbocycles. The summed E-state index contributed by atoms with van der Waals surface area (Å²) < 4.78 is 26.2. The van der Waals surface area contributed by atoms with E-state index >= 15 is 0 Å². The highest BCUT2D eigenvalue weighted by Crippen LogP contribution is 2.19. The number of nitrogens with one attached hydrogen (secondary N) is 1. The highest BCUT2D eigenvalue weighted by molar-refractivity contribution is 7.93. The van der Waals surface area contributed by atoms with E-state index in [0.717, 1.165) is 5.56 Å². The molecule has 0 radical (unpaired) electrons. The molecule has 19 heavy (non-hydrogen) atoms. The lowest BCUT2D eigenvalue weighted by molar-refractivity contribution is 0.549. The minimum atomic E-state index is -3.33. The van der Waals surface area contributed by atoms with E-state index in [2.05, 4.69) is 5.32 Å². The first-order valence-corrected chi connectivity index (χ1v) is 8.03. The van der Waals surface area contributed by atoms with Crippen LogP contribution in [0.3, 0.4) is 0 Å². The second-order valence-electron chi connectivity index (χ2n) is 5.23. The molecule has 5 heteroatoms. The predicted molar refractivity (Wildman–Crippen MR) is 81.1 cm³/mol. The van der Waals surface area contributed by atoms with Crippen molar-refractivity contribution in [3.63, 3.8) is 0 Å². The van der Waals surface area contributed by atoms with Crippen molar-refractivity contribution in [1.82, 2.24) is 5.32 Å². The van der Waals surface area contributed by atoms with Gasteiger partial charge >= 0.3 is 0 Å². The molecule has 1 N–H and O–H groups in total. The first-order valence-electron chi connectivity index (χ1n) is 6.53. The fourth-order valence-corrected chi connectivity index (χ4v) is 3.00. The second kappa shape index (κ2) is 6.39. The summed E-state index contributed by atoms with van der Waals surface area (Å²) in [6.45, 7) is 8.15. The number of hydrogen-bond donors (Lipinski definition) is 1. The smallest absolute Gasteiger partial charge is 0.238 e. The number of nitrogens with zero attached hydrogens (tertiary/aromatic N) is 1. The zero-order valence-corrected chi connectivity index (χ0v) is 13.2. The minimum absolute atomic E-state index is 0.280. The second-order valence-corrected chi connectivity index (χ2v) is 7.61. The SMILES string of the molecule is Cc1cccc(N(C)S(=O)(=O)C(C)CNC(C)C)c1. The molecule has 0 fully saturated rings. The average molecular weight is 284 g/mol. The van der Waals surface area contributed by atoms with Gasteiger partial charge in [0.2, 0.25) is 10.0 Å². The Bertz CT molecular complexity index is 512. The Morgan fingerprint density at radius 2 is 1.89 bits per heavy atom. The highest BCUT2D eigenvalue weighted by atomic mass is 32.2. The van der Waals surface area contributed by atoms with Crippen LogP contribution < -0.4 is 9.62 Å². The largest absolute Gasteiger partial charge is 0.313 e. The predicted octanol–water partition coefficient (Wildman–Crippen LogP) is 2.15. The molecule has 1 aromatic carbocycles. The monoisotopic (exact) mass is 284 g/mol. The summed E-state index contributed by atoms with van der Waals surface area (Å²) in [5, 5.41) is 2.71. The molecule has 1 rings (SSSR count). The molecular formula is C14H24N2O2S. The number of aryl methyl sites for hydroxylation is 1. The van der Waals surface area contributed by atoms with E-state index in [9.17, 15) is 8.42 Å². The topological polar surface area (TPSA) is 49.4 Å². The van der Waals surface area contributed by atoms with E-state index in [1.807, 2.05) is 45.0 Å². The molecule has 0 heterocycles. The lowest BCUT2D eigenvalue weighted by atomic mass is 10.2. The first-order chi connectivity index (χ1) is 8.75. The molecule has 0 aromatic heterocycles. The van der Waals surface area contributed by atoms with Gasteiger partial charge in [0, 0.05) is 19.6 Å². The lowest BCUT2D eigenvalue weighted by Gasteiger charge is -2.25. The van der Waals surface area contributed by atoms with Gasteiger partial charge in [-0.25, -0.2) is 8.42 Å². The van der Waals surface area contributed by atoms with Gasteiger partial charge in [0.25, 0.3) is 0 Å². The van der Waals surface area contributed by atoms with Crippen molar-refractivity contribution >= 4 is 15.7 Å². The number of rotatable bonds is 6. The third-order valence-electron chi connectivity index (χ3n) is 3.07. The summed E-state index contributed by atoms with van der Waals surface area (Å²) in [5.74, 6) is 0. The zero-order chi connectivity index (χ0) is 14.6. The Morgan fingerprint density at radius 1 is 1.26 bits per heavy atom. The molecule has 1 aromatic rings. The molecule has 0 saturated heterocycles. The number of anilines is 1. The molecule has 0 aliphatic heterocycles. The van der Waals surface area contributed by atoms with Gasteiger partial charge in [-0.2, -0.15) is 0 Å². The molecule has 0 saturated carbocycles. The molecular weight excluding hydrogens is 260 g/mol. The van der Waals surface area contributed by atoms with Crippen LogP contribution in [-0.4, -0.2) is 33.3 Å². The van der Waals surface area contributed by atoms with Crippen LogP contribution in [0.1, 0.15) is 26.3 Å². The third kappa shape index (κ3) is 4.21. The van der Waals surface area contributed by atoms with E-state index in [1.54, 1.807) is 14.0 Å². The third-order valence-corrected chi connectivity index (χ3v) is 5.23. The van der Waals surface area contributed by atoms with E-state index in [0.29, 0.717) is 12.2 Å². The van der Waals surface area contributed by atoms with E-state index in [-0.39, 0.29) is 6.04 Å². The van der Waals surface area contributed by atoms with Crippen molar-refractivity contribution in [3.8, 4) is 0 Å². The average Bonchev–Trinajstić information content (AvgIpc) is 2.34. The van der Waals surface area contributed by atoms with Gasteiger partial charge in [0.05, 0.1) is 10.9 Å². The Kier molecular flexibility index (Phi) is 5.38. The molecule has 0 bridgehead atoms. The molecule has 0 aliphatic rings. The van der Waals surface area contributed by atoms with Crippen LogP contribution in [0.5, 0.6) is 0 Å². The fraction of sp³-hybridized carbons (Fsp3) is 0.571. The Hall–Kier alpha value is -1.07. The van der Waals surface area contributed by atoms with Crippen molar-refractivity contribution in [2.75, 3.05) is 17.9 Å². The minimum Gasteiger partial charge on any atom is -0.313 e. The molecule has 1 unspecified atom stereocenters. The summed E-state index contributed by atoms with van der Waals surface area (Å²) in [4.78, 5) is 0. The van der Waals surface area contributed by atoms with Crippen molar-refractivity contribution in [3.05, 3.63) is 29.8 Å². The van der Waals surface area contributed by atoms with Gasteiger partial charge < -0.3 is 5.32 Å². The van der Waals surface area contributed by atoms with Crippen LogP contribution in [0.2, 0.25) is 0 Å². The summed E-state index contributed by atoms with van der Waals surface area (Å²) in [6, 6.07) is 7.79. The molecule has 1 atom stereocenters. The summed E-state index contributed by atoms with van der Waals surface area (Å²) >= 11 is 0. The van der Waals surface area contributed by atoms with Gasteiger partial charge in [-0.05, 0) is 31.5 Å². The van der Waals surface area contributed by atoms with Gasteiger partial charge in [0.1, 0.15) is 0 Å². The molecule has 108 valence electrons. The summed E-state index contributed by atoms with van der Waals surface area (Å²) in [7, 11) is -1.73. The van der Waals surface area contributed by atoms with Gasteiger partial charge in [-0.1, -0.05) is 26.0 Å². The maximum absolute atomic E-state index is 12.4. The normalized spacial score (nSPS) is 13.6. The van der Waals surface area contributed by atoms with Gasteiger partial charge in [-0.15, -0.1) is 0 Å². The van der Waals surface area contributed by atoms with Crippen molar-refractivity contribution < 1.29 is 8.42 Å². The molecule has 0 amide bonds. The summed E-state index contributed by atoms with van der Waals surface area (Å²) in [5.41, 5.74) is 1.75. The first kappa shape index (κ1) is 16.0. The van der Waals surface area contributed by atoms with Crippen LogP contribution >= 0.6 is 0 Å². The van der Waals surface area contributed by atoms with Crippen LogP contribution in [0.15, 0.2) is 24.3 Å². The Balaban J connectivity index is 2.87. The number of sulfonamides is 1. The van der Waals surface area contributed by atoms with Crippen molar-refractivity contribution in [1.29, 1.82) is 0 Å². The summed E-state index contributed by atoms with van der Waals surface area (Å²) in [6.07, 6.45) is 0. The van der Waals surface area contributed by atoms with Crippen LogP contribution in [0.4, 0.5) is 5.69 Å². The fourth-order valence-electron chi connectivity index (χ4n) is 1.75. The van der Waals surface area contributed by atoms with Gasteiger partial charge in [0.15, 0.2) is 0 Å². The van der Waals surface area contributed by atoms with E-state index < -0.39 is 15.3 Å². The maximum Gasteiger partial charge on any atom is 0.238 e. The van der Waals surface area contributed by atoms with Crippen LogP contribution in [0.25, 0.3) is 0 Å². The van der Waals surface area contributed by atoms with Crippen molar-refractivity contribution in [2.24, 2.45) is 0 Å². The number of benzene rings is 1. The van der Waals surface area contributed by atoms with Crippen molar-refractivity contribution in [2.45, 2.75) is 39.0 Å². The highest BCUT2D eigenvalue weighted by Gasteiger charge is 2.26. The lowest BCUT2D eigenvalue weighted by Crippen LogP contribution is -2.41. The molecule has 0 spiro atoms. The molecule has 4 nitrogen and oxygen atoms in total. The standard InChI is InChI=1S/C14H24N2O2S/c1-11(2)15-10-13(4)19(17,18)16(5)14-8-6-7-12(3)9-14/h6-9,11,13,15H,10H2,1-5H3. The van der Waals surface area contributed by atoms with E-state index in [4.69, 9.17) is 0 Å². The van der Waals surface area contributed by atoms with Crippen LogP contribution in [0, 0.1) is 6.92 Å². The Labute approximate surface area is 116 Å². The van der Waals surface area contributed by atoms with E-state index in [1.165, 1.54) is 4.31 Å². The van der Waals surface area contributed by atoms with Gasteiger partial charge in [-0.3, -0.25) is 4.31 Å². The zero-order valence-electron chi connectivity index (χ0n) is 12.3. The maximum atomic E-state index is 12.4. The number of hydrogen-bond acceptors (Lipinski definition) is 3. The Morgan fingerprint density at radius 3 is 2.42 bits per heavy atom.